The highest BCUT2D eigenvalue weighted by Crippen LogP contribution is 2.51. The van der Waals surface area contributed by atoms with Crippen LogP contribution in [0.2, 0.25) is 0 Å². The van der Waals surface area contributed by atoms with Gasteiger partial charge in [-0.05, 0) is 152 Å². The summed E-state index contributed by atoms with van der Waals surface area (Å²) >= 11 is 0. The minimum atomic E-state index is 0.258. The Hall–Kier alpha value is -9.44. The zero-order valence-electron chi connectivity index (χ0n) is 45.7. The summed E-state index contributed by atoms with van der Waals surface area (Å²) in [4.78, 5) is 5.04. The van der Waals surface area contributed by atoms with Gasteiger partial charge < -0.3 is 14.2 Å². The number of hydrogen-bond acceptors (Lipinski definition) is 3. The molecule has 0 N–H and O–H groups in total. The second-order valence-electron chi connectivity index (χ2n) is 21.8. The summed E-state index contributed by atoms with van der Waals surface area (Å²) in [5.74, 6) is 0.515. The summed E-state index contributed by atoms with van der Waals surface area (Å²) in [6.45, 7) is 13.6. The first-order chi connectivity index (χ1) is 38.6. The molecule has 1 aromatic heterocycles. The lowest BCUT2D eigenvalue weighted by molar-refractivity contribution is 0.670. The van der Waals surface area contributed by atoms with Gasteiger partial charge in [-0.25, -0.2) is 0 Å². The molecule has 0 amide bonds. The van der Waals surface area contributed by atoms with Crippen LogP contribution in [-0.4, -0.2) is 0 Å². The van der Waals surface area contributed by atoms with Crippen LogP contribution in [0.1, 0.15) is 61.8 Å². The van der Waals surface area contributed by atoms with Crippen molar-refractivity contribution in [2.24, 2.45) is 0 Å². The normalized spacial score (nSPS) is 11.6. The van der Waals surface area contributed by atoms with E-state index in [0.29, 0.717) is 0 Å². The molecule has 3 nitrogen and oxygen atoms in total. The molecule has 1 heterocycles. The number of anilines is 6. The zero-order chi connectivity index (χ0) is 53.7. The zero-order valence-corrected chi connectivity index (χ0v) is 45.7. The van der Waals surface area contributed by atoms with E-state index in [-0.39, 0.29) is 11.8 Å². The molecule has 3 heteroatoms. The quantitative estimate of drug-likeness (QED) is 0.122. The highest BCUT2D eigenvalue weighted by molar-refractivity contribution is 6.14. The third-order valence-electron chi connectivity index (χ3n) is 15.8. The van der Waals surface area contributed by atoms with Crippen LogP contribution in [0.5, 0.6) is 0 Å². The lowest BCUT2D eigenvalue weighted by atomic mass is 9.91. The highest BCUT2D eigenvalue weighted by atomic mass is 16.3. The molecule has 0 fully saturated rings. The molecule has 0 saturated heterocycles. The molecule has 0 saturated carbocycles. The highest BCUT2D eigenvalue weighted by Gasteiger charge is 2.27. The Morgan fingerprint density at radius 1 is 0.304 bits per heavy atom. The fourth-order valence-electron chi connectivity index (χ4n) is 11.9. The maximum absolute atomic E-state index is 7.02. The fraction of sp³-hybridized carbons (Fsp3) is 0.105. The van der Waals surface area contributed by atoms with Gasteiger partial charge in [0.1, 0.15) is 11.2 Å². The van der Waals surface area contributed by atoms with E-state index < -0.39 is 0 Å². The predicted octanol–water partition coefficient (Wildman–Crippen LogP) is 22.4. The third kappa shape index (κ3) is 9.11. The molecular weight excluding hydrogens is 957 g/mol. The first-order valence-corrected chi connectivity index (χ1v) is 27.8. The fourth-order valence-corrected chi connectivity index (χ4v) is 11.9. The van der Waals surface area contributed by atoms with E-state index in [0.717, 1.165) is 66.2 Å². The van der Waals surface area contributed by atoms with Crippen molar-refractivity contribution in [3.8, 4) is 44.5 Å². The standard InChI is InChI=1S/C76H62N2O/c1-49(2)63-29-19-31-67(55-25-15-9-16-26-55)75(63)77(71-41-51(5)33-39-65(71)53-21-11-7-12-22-53)61-37-35-57-45-69-70-46-58-36-38-62(44-60(58)48-74(70)79-73(69)47-59(57)43-61)78(72-42-52(6)34-40-66(72)54-23-13-8-14-24-54)76-64(50(3)4)30-20-32-68(76)56-27-17-10-18-28-56/h7-50H,1-6H3. The summed E-state index contributed by atoms with van der Waals surface area (Å²) in [5, 5.41) is 6.74. The van der Waals surface area contributed by atoms with E-state index in [1.54, 1.807) is 0 Å². The van der Waals surface area contributed by atoms with Crippen LogP contribution >= 0.6 is 0 Å². The van der Waals surface area contributed by atoms with Crippen molar-refractivity contribution in [1.29, 1.82) is 0 Å². The summed E-state index contributed by atoms with van der Waals surface area (Å²) < 4.78 is 7.02. The van der Waals surface area contributed by atoms with Crippen molar-refractivity contribution in [2.45, 2.75) is 53.4 Å². The number of aryl methyl sites for hydroxylation is 2. The molecule has 13 aromatic rings. The molecule has 0 aliphatic carbocycles. The SMILES string of the molecule is Cc1ccc(-c2ccccc2)c(N(c2ccc3cc4c(cc3c2)oc2cc3cc(N(c5cc(C)ccc5-c5ccccc5)c5c(-c6ccccc6)cccc5C(C)C)ccc3cc24)c2c(-c3ccccc3)cccc2C(C)C)c1. The molecule has 0 radical (unpaired) electrons. The van der Waals surface area contributed by atoms with Crippen LogP contribution in [0.15, 0.2) is 259 Å². The molecule has 0 bridgehead atoms. The Morgan fingerprint density at radius 2 is 0.671 bits per heavy atom. The van der Waals surface area contributed by atoms with E-state index in [1.165, 1.54) is 78.1 Å². The number of hydrogen-bond donors (Lipinski definition) is 0. The Labute approximate surface area is 464 Å². The van der Waals surface area contributed by atoms with Gasteiger partial charge in [-0.15, -0.1) is 0 Å². The van der Waals surface area contributed by atoms with Crippen LogP contribution in [0.4, 0.5) is 34.1 Å². The van der Waals surface area contributed by atoms with Crippen molar-refractivity contribution in [3.63, 3.8) is 0 Å². The van der Waals surface area contributed by atoms with Gasteiger partial charge in [-0.1, -0.05) is 222 Å². The van der Waals surface area contributed by atoms with Crippen LogP contribution in [-0.2, 0) is 0 Å². The molecule has 79 heavy (non-hydrogen) atoms. The van der Waals surface area contributed by atoms with E-state index in [9.17, 15) is 0 Å². The Kier molecular flexibility index (Phi) is 12.8. The molecule has 382 valence electrons. The molecule has 0 aliphatic rings. The van der Waals surface area contributed by atoms with Crippen LogP contribution < -0.4 is 9.80 Å². The van der Waals surface area contributed by atoms with Gasteiger partial charge >= 0.3 is 0 Å². The molecule has 0 aliphatic heterocycles. The van der Waals surface area contributed by atoms with Crippen LogP contribution in [0.3, 0.4) is 0 Å². The molecule has 13 rings (SSSR count). The Morgan fingerprint density at radius 3 is 1.04 bits per heavy atom. The average molecular weight is 1020 g/mol. The van der Waals surface area contributed by atoms with Gasteiger partial charge in [0.25, 0.3) is 0 Å². The smallest absolute Gasteiger partial charge is 0.136 e. The number of para-hydroxylation sites is 2. The summed E-state index contributed by atoms with van der Waals surface area (Å²) in [5.41, 5.74) is 22.9. The number of rotatable bonds is 12. The van der Waals surface area contributed by atoms with E-state index in [4.69, 9.17) is 4.42 Å². The van der Waals surface area contributed by atoms with E-state index in [2.05, 4.69) is 306 Å². The first-order valence-electron chi connectivity index (χ1n) is 27.8. The molecular formula is C76H62N2O. The number of benzene rings is 12. The average Bonchev–Trinajstić information content (AvgIpc) is 4.10. The second kappa shape index (κ2) is 20.5. The monoisotopic (exact) mass is 1020 g/mol. The second-order valence-corrected chi connectivity index (χ2v) is 21.8. The molecule has 0 atom stereocenters. The predicted molar refractivity (Wildman–Crippen MR) is 337 cm³/mol. The van der Waals surface area contributed by atoms with Gasteiger partial charge in [-0.2, -0.15) is 0 Å². The number of fused-ring (bicyclic) bond motifs is 5. The maximum Gasteiger partial charge on any atom is 0.136 e. The maximum atomic E-state index is 7.02. The minimum absolute atomic E-state index is 0.258. The number of furan rings is 1. The molecule has 0 spiro atoms. The van der Waals surface area contributed by atoms with Gasteiger partial charge in [0.2, 0.25) is 0 Å². The Bertz CT molecular complexity index is 4100. The summed E-state index contributed by atoms with van der Waals surface area (Å²) in [7, 11) is 0. The summed E-state index contributed by atoms with van der Waals surface area (Å²) in [6.07, 6.45) is 0. The largest absolute Gasteiger partial charge is 0.456 e. The number of nitrogens with zero attached hydrogens (tertiary/aromatic N) is 2. The van der Waals surface area contributed by atoms with Crippen molar-refractivity contribution in [3.05, 3.63) is 277 Å². The topological polar surface area (TPSA) is 19.6 Å². The van der Waals surface area contributed by atoms with E-state index in [1.807, 2.05) is 0 Å². The van der Waals surface area contributed by atoms with Crippen LogP contribution in [0, 0.1) is 13.8 Å². The van der Waals surface area contributed by atoms with Gasteiger partial charge in [0, 0.05) is 44.4 Å². The lowest BCUT2D eigenvalue weighted by Gasteiger charge is -2.33. The van der Waals surface area contributed by atoms with Crippen molar-refractivity contribution >= 4 is 77.6 Å². The third-order valence-corrected chi connectivity index (χ3v) is 15.8. The van der Waals surface area contributed by atoms with Crippen molar-refractivity contribution < 1.29 is 4.42 Å². The first kappa shape index (κ1) is 49.2. The van der Waals surface area contributed by atoms with Gasteiger partial charge in [0.15, 0.2) is 0 Å². The Balaban J connectivity index is 0.994. The minimum Gasteiger partial charge on any atom is -0.456 e. The molecule has 12 aromatic carbocycles. The lowest BCUT2D eigenvalue weighted by Crippen LogP contribution is -2.15. The van der Waals surface area contributed by atoms with E-state index >= 15 is 0 Å². The van der Waals surface area contributed by atoms with Crippen molar-refractivity contribution in [2.75, 3.05) is 9.80 Å². The van der Waals surface area contributed by atoms with Gasteiger partial charge in [-0.3, -0.25) is 0 Å². The van der Waals surface area contributed by atoms with Crippen LogP contribution in [0.25, 0.3) is 88.0 Å². The summed E-state index contributed by atoms with van der Waals surface area (Å²) in [6, 6.07) is 93.7. The van der Waals surface area contributed by atoms with Gasteiger partial charge in [0.05, 0.1) is 22.7 Å². The van der Waals surface area contributed by atoms with Crippen molar-refractivity contribution in [1.82, 2.24) is 0 Å². The molecule has 0 unspecified atom stereocenters.